The lowest BCUT2D eigenvalue weighted by Gasteiger charge is -2.30. The highest BCUT2D eigenvalue weighted by Crippen LogP contribution is 2.42. The smallest absolute Gasteiger partial charge is 0.265 e. The zero-order chi connectivity index (χ0) is 21.8. The average molecular weight is 449 g/mol. The van der Waals surface area contributed by atoms with Crippen LogP contribution in [0.5, 0.6) is 0 Å². The minimum absolute atomic E-state index is 0.0635. The van der Waals surface area contributed by atoms with E-state index in [1.54, 1.807) is 6.07 Å². The summed E-state index contributed by atoms with van der Waals surface area (Å²) < 4.78 is 0. The van der Waals surface area contributed by atoms with Gasteiger partial charge < -0.3 is 5.32 Å². The lowest BCUT2D eigenvalue weighted by molar-refractivity contribution is -0.122. The quantitative estimate of drug-likeness (QED) is 0.528. The largest absolute Gasteiger partial charge is 0.350 e. The first-order chi connectivity index (χ1) is 15.0. The third-order valence-electron chi connectivity index (χ3n) is 5.04. The van der Waals surface area contributed by atoms with Crippen molar-refractivity contribution < 1.29 is 9.59 Å². The van der Waals surface area contributed by atoms with Gasteiger partial charge in [-0.25, -0.2) is 0 Å². The number of hydrogen-bond acceptors (Lipinski definition) is 3. The number of rotatable bonds is 5. The van der Waals surface area contributed by atoms with Crippen LogP contribution in [0.1, 0.15) is 16.7 Å². The molecule has 1 heterocycles. The minimum Gasteiger partial charge on any atom is -0.350 e. The molecule has 6 heteroatoms. The second kappa shape index (κ2) is 9.41. The normalized spacial score (nSPS) is 14.5. The van der Waals surface area contributed by atoms with Crippen molar-refractivity contribution >= 4 is 46.9 Å². The summed E-state index contributed by atoms with van der Waals surface area (Å²) in [7, 11) is 0. The van der Waals surface area contributed by atoms with Gasteiger partial charge in [0.15, 0.2) is 0 Å². The Morgan fingerprint density at radius 1 is 1.03 bits per heavy atom. The number of fused-ring (bicyclic) bond motifs is 1. The van der Waals surface area contributed by atoms with E-state index in [0.717, 1.165) is 27.3 Å². The summed E-state index contributed by atoms with van der Waals surface area (Å²) in [6.07, 6.45) is 1.90. The number of carbonyl (C=O) groups is 2. The molecule has 31 heavy (non-hydrogen) atoms. The molecule has 4 rings (SSSR count). The SMILES string of the molecule is Cc1ccccc1/C=C1\Sc2ccccc2N(CC(=O)NCc2ccccc2Cl)C1=O. The summed E-state index contributed by atoms with van der Waals surface area (Å²) >= 11 is 7.60. The number of anilines is 1. The number of para-hydroxylation sites is 1. The highest BCUT2D eigenvalue weighted by Gasteiger charge is 2.30. The van der Waals surface area contributed by atoms with Crippen LogP contribution in [0.3, 0.4) is 0 Å². The monoisotopic (exact) mass is 448 g/mol. The Kier molecular flexibility index (Phi) is 6.44. The molecule has 1 aliphatic heterocycles. The molecule has 3 aromatic carbocycles. The zero-order valence-corrected chi connectivity index (χ0v) is 18.5. The first-order valence-electron chi connectivity index (χ1n) is 9.89. The molecule has 3 aromatic rings. The number of aryl methyl sites for hydroxylation is 1. The molecule has 0 fully saturated rings. The number of nitrogens with zero attached hydrogens (tertiary/aromatic N) is 1. The fourth-order valence-corrected chi connectivity index (χ4v) is 4.60. The number of hydrogen-bond donors (Lipinski definition) is 1. The van der Waals surface area contributed by atoms with E-state index in [-0.39, 0.29) is 18.4 Å². The van der Waals surface area contributed by atoms with Crippen LogP contribution in [0.2, 0.25) is 5.02 Å². The fourth-order valence-electron chi connectivity index (χ4n) is 3.34. The van der Waals surface area contributed by atoms with Gasteiger partial charge in [-0.1, -0.05) is 78.0 Å². The van der Waals surface area contributed by atoms with Crippen molar-refractivity contribution in [1.29, 1.82) is 0 Å². The van der Waals surface area contributed by atoms with Gasteiger partial charge in [-0.15, -0.1) is 0 Å². The highest BCUT2D eigenvalue weighted by molar-refractivity contribution is 8.04. The zero-order valence-electron chi connectivity index (χ0n) is 17.0. The summed E-state index contributed by atoms with van der Waals surface area (Å²) in [6, 6.07) is 22.9. The van der Waals surface area contributed by atoms with Crippen LogP contribution in [0, 0.1) is 6.92 Å². The van der Waals surface area contributed by atoms with Crippen molar-refractivity contribution in [2.45, 2.75) is 18.4 Å². The van der Waals surface area contributed by atoms with Crippen molar-refractivity contribution in [2.75, 3.05) is 11.4 Å². The summed E-state index contributed by atoms with van der Waals surface area (Å²) in [5.74, 6) is -0.426. The van der Waals surface area contributed by atoms with E-state index in [0.29, 0.717) is 16.5 Å². The second-order valence-electron chi connectivity index (χ2n) is 7.19. The van der Waals surface area contributed by atoms with Gasteiger partial charge in [-0.3, -0.25) is 14.5 Å². The molecule has 1 N–H and O–H groups in total. The standard InChI is InChI=1S/C25H21ClN2O2S/c1-17-8-2-3-9-18(17)14-23-25(30)28(21-12-6-7-13-22(21)31-23)16-24(29)27-15-19-10-4-5-11-20(19)26/h2-14H,15-16H2,1H3,(H,27,29)/b23-14-. The molecule has 1 aliphatic rings. The van der Waals surface area contributed by atoms with Gasteiger partial charge in [0.25, 0.3) is 5.91 Å². The molecule has 2 amide bonds. The van der Waals surface area contributed by atoms with Gasteiger partial charge in [-0.05, 0) is 47.9 Å². The summed E-state index contributed by atoms with van der Waals surface area (Å²) in [4.78, 5) is 29.1. The van der Waals surface area contributed by atoms with Crippen LogP contribution in [0.15, 0.2) is 82.6 Å². The molecule has 0 aliphatic carbocycles. The van der Waals surface area contributed by atoms with Crippen LogP contribution < -0.4 is 10.2 Å². The third kappa shape index (κ3) is 4.84. The summed E-state index contributed by atoms with van der Waals surface area (Å²) in [5.41, 5.74) is 3.65. The first kappa shape index (κ1) is 21.2. The molecule has 0 saturated carbocycles. The summed E-state index contributed by atoms with van der Waals surface area (Å²) in [6.45, 7) is 2.26. The van der Waals surface area contributed by atoms with E-state index >= 15 is 0 Å². The number of benzene rings is 3. The molecule has 0 saturated heterocycles. The molecule has 0 unspecified atom stereocenters. The van der Waals surface area contributed by atoms with Crippen LogP contribution >= 0.6 is 23.4 Å². The van der Waals surface area contributed by atoms with Crippen molar-refractivity contribution in [1.82, 2.24) is 5.32 Å². The predicted molar refractivity (Wildman–Crippen MR) is 127 cm³/mol. The third-order valence-corrected chi connectivity index (χ3v) is 6.49. The second-order valence-corrected chi connectivity index (χ2v) is 8.69. The Labute approximate surface area is 190 Å². The Morgan fingerprint density at radius 2 is 1.74 bits per heavy atom. The molecule has 0 spiro atoms. The number of carbonyl (C=O) groups excluding carboxylic acids is 2. The van der Waals surface area contributed by atoms with E-state index < -0.39 is 0 Å². The van der Waals surface area contributed by atoms with Gasteiger partial charge in [0.05, 0.1) is 10.6 Å². The Balaban J connectivity index is 1.57. The number of nitrogens with one attached hydrogen (secondary N) is 1. The molecule has 0 aromatic heterocycles. The van der Waals surface area contributed by atoms with E-state index in [1.807, 2.05) is 79.7 Å². The molecule has 4 nitrogen and oxygen atoms in total. The maximum atomic E-state index is 13.3. The Hall–Kier alpha value is -3.02. The van der Waals surface area contributed by atoms with Crippen molar-refractivity contribution in [3.05, 3.63) is 99.4 Å². The van der Waals surface area contributed by atoms with E-state index in [9.17, 15) is 9.59 Å². The van der Waals surface area contributed by atoms with Crippen LogP contribution in [0.25, 0.3) is 6.08 Å². The van der Waals surface area contributed by atoms with E-state index in [4.69, 9.17) is 11.6 Å². The molecule has 0 atom stereocenters. The number of halogens is 1. The van der Waals surface area contributed by atoms with Gasteiger partial charge >= 0.3 is 0 Å². The topological polar surface area (TPSA) is 49.4 Å². The first-order valence-corrected chi connectivity index (χ1v) is 11.1. The lowest BCUT2D eigenvalue weighted by atomic mass is 10.1. The van der Waals surface area contributed by atoms with Crippen molar-refractivity contribution in [3.63, 3.8) is 0 Å². The Bertz CT molecular complexity index is 1180. The predicted octanol–water partition coefficient (Wildman–Crippen LogP) is 5.44. The maximum absolute atomic E-state index is 13.3. The number of thioether (sulfide) groups is 1. The van der Waals surface area contributed by atoms with Crippen LogP contribution in [-0.4, -0.2) is 18.4 Å². The van der Waals surface area contributed by atoms with Crippen LogP contribution in [0.4, 0.5) is 5.69 Å². The summed E-state index contributed by atoms with van der Waals surface area (Å²) in [5, 5.41) is 3.47. The van der Waals surface area contributed by atoms with Gasteiger partial charge in [0.1, 0.15) is 6.54 Å². The van der Waals surface area contributed by atoms with Crippen molar-refractivity contribution in [2.24, 2.45) is 0 Å². The molecule has 156 valence electrons. The minimum atomic E-state index is -0.245. The average Bonchev–Trinajstić information content (AvgIpc) is 2.77. The van der Waals surface area contributed by atoms with Crippen molar-refractivity contribution in [3.8, 4) is 0 Å². The fraction of sp³-hybridized carbons (Fsp3) is 0.120. The molecule has 0 bridgehead atoms. The molecule has 0 radical (unpaired) electrons. The lowest BCUT2D eigenvalue weighted by Crippen LogP contribution is -2.42. The maximum Gasteiger partial charge on any atom is 0.265 e. The highest BCUT2D eigenvalue weighted by atomic mass is 35.5. The Morgan fingerprint density at radius 3 is 2.55 bits per heavy atom. The van der Waals surface area contributed by atoms with E-state index in [2.05, 4.69) is 5.32 Å². The molecular formula is C25H21ClN2O2S. The van der Waals surface area contributed by atoms with Crippen LogP contribution in [-0.2, 0) is 16.1 Å². The van der Waals surface area contributed by atoms with Gasteiger partial charge in [-0.2, -0.15) is 0 Å². The number of amides is 2. The molecular weight excluding hydrogens is 428 g/mol. The van der Waals surface area contributed by atoms with Gasteiger partial charge in [0, 0.05) is 16.5 Å². The van der Waals surface area contributed by atoms with Gasteiger partial charge in [0.2, 0.25) is 5.91 Å². The van der Waals surface area contributed by atoms with E-state index in [1.165, 1.54) is 16.7 Å².